The number of likely N-dealkylation sites (N-methyl/N-ethyl adjacent to an activating group) is 1. The van der Waals surface area contributed by atoms with E-state index in [2.05, 4.69) is 10.6 Å². The molecule has 0 radical (unpaired) electrons. The molecule has 2 aromatic rings. The van der Waals surface area contributed by atoms with E-state index in [0.717, 1.165) is 11.1 Å². The highest BCUT2D eigenvalue weighted by atomic mass is 16.7. The molecule has 2 amide bonds. The Kier molecular flexibility index (Phi) is 6.16. The van der Waals surface area contributed by atoms with Crippen molar-refractivity contribution in [1.29, 1.82) is 0 Å². The second-order valence-corrected chi connectivity index (χ2v) is 6.97. The standard InChI is InChI=1S/C21H25N3O4/c1-14-4-7-16(8-5-14)17(24(2)3)12-23-21(26)20(25)22-11-15-6-9-18-19(10-15)28-13-27-18/h4-10,17H,11-13H2,1-3H3,(H,22,25)(H,23,26). The van der Waals surface area contributed by atoms with Gasteiger partial charge in [-0.1, -0.05) is 35.9 Å². The zero-order valence-electron chi connectivity index (χ0n) is 16.3. The van der Waals surface area contributed by atoms with Crippen LogP contribution in [0.25, 0.3) is 0 Å². The van der Waals surface area contributed by atoms with Gasteiger partial charge in [-0.15, -0.1) is 0 Å². The molecule has 0 aliphatic carbocycles. The van der Waals surface area contributed by atoms with Crippen molar-refractivity contribution in [3.8, 4) is 11.5 Å². The van der Waals surface area contributed by atoms with Gasteiger partial charge in [0.15, 0.2) is 11.5 Å². The molecular formula is C21H25N3O4. The molecule has 1 aliphatic heterocycles. The number of rotatable bonds is 6. The number of aryl methyl sites for hydroxylation is 1. The molecule has 2 aromatic carbocycles. The molecule has 1 atom stereocenters. The van der Waals surface area contributed by atoms with Gasteiger partial charge < -0.3 is 25.0 Å². The monoisotopic (exact) mass is 383 g/mol. The minimum Gasteiger partial charge on any atom is -0.454 e. The first-order valence-electron chi connectivity index (χ1n) is 9.11. The maximum absolute atomic E-state index is 12.2. The van der Waals surface area contributed by atoms with Crippen molar-refractivity contribution in [3.63, 3.8) is 0 Å². The zero-order chi connectivity index (χ0) is 20.1. The molecule has 28 heavy (non-hydrogen) atoms. The maximum atomic E-state index is 12.2. The molecule has 7 heteroatoms. The number of carbonyl (C=O) groups excluding carboxylic acids is 2. The fourth-order valence-corrected chi connectivity index (χ4v) is 2.97. The lowest BCUT2D eigenvalue weighted by molar-refractivity contribution is -0.139. The van der Waals surface area contributed by atoms with Crippen molar-refractivity contribution >= 4 is 11.8 Å². The minimum atomic E-state index is -0.668. The molecule has 7 nitrogen and oxygen atoms in total. The number of amides is 2. The van der Waals surface area contributed by atoms with Crippen molar-refractivity contribution in [2.75, 3.05) is 27.4 Å². The lowest BCUT2D eigenvalue weighted by atomic mass is 10.0. The van der Waals surface area contributed by atoms with Crippen molar-refractivity contribution in [1.82, 2.24) is 15.5 Å². The molecule has 0 bridgehead atoms. The van der Waals surface area contributed by atoms with Gasteiger partial charge in [-0.3, -0.25) is 9.59 Å². The van der Waals surface area contributed by atoms with Crippen molar-refractivity contribution in [2.24, 2.45) is 0 Å². The summed E-state index contributed by atoms with van der Waals surface area (Å²) >= 11 is 0. The Morgan fingerprint density at radius 2 is 1.68 bits per heavy atom. The quantitative estimate of drug-likeness (QED) is 0.743. The van der Waals surface area contributed by atoms with E-state index in [4.69, 9.17) is 9.47 Å². The fraction of sp³-hybridized carbons (Fsp3) is 0.333. The van der Waals surface area contributed by atoms with Gasteiger partial charge in [0.25, 0.3) is 0 Å². The van der Waals surface area contributed by atoms with E-state index in [1.165, 1.54) is 5.56 Å². The van der Waals surface area contributed by atoms with Crippen molar-refractivity contribution < 1.29 is 19.1 Å². The van der Waals surface area contributed by atoms with Gasteiger partial charge >= 0.3 is 11.8 Å². The van der Waals surface area contributed by atoms with Crippen LogP contribution in [0, 0.1) is 6.92 Å². The van der Waals surface area contributed by atoms with Crippen LogP contribution in [0.15, 0.2) is 42.5 Å². The minimum absolute atomic E-state index is 0.0220. The van der Waals surface area contributed by atoms with E-state index in [0.29, 0.717) is 18.0 Å². The molecule has 1 heterocycles. The van der Waals surface area contributed by atoms with Gasteiger partial charge in [0.2, 0.25) is 6.79 Å². The number of ether oxygens (including phenoxy) is 2. The number of hydrogen-bond donors (Lipinski definition) is 2. The normalized spacial score (nSPS) is 13.3. The first-order valence-corrected chi connectivity index (χ1v) is 9.11. The summed E-state index contributed by atoms with van der Waals surface area (Å²) in [5.41, 5.74) is 3.08. The summed E-state index contributed by atoms with van der Waals surface area (Å²) in [6, 6.07) is 13.5. The van der Waals surface area contributed by atoms with E-state index in [-0.39, 0.29) is 19.4 Å². The summed E-state index contributed by atoms with van der Waals surface area (Å²) in [5, 5.41) is 5.35. The third kappa shape index (κ3) is 4.80. The number of benzene rings is 2. The van der Waals surface area contributed by atoms with Crippen LogP contribution < -0.4 is 20.1 Å². The molecule has 1 unspecified atom stereocenters. The van der Waals surface area contributed by atoms with Crippen LogP contribution in [0.5, 0.6) is 11.5 Å². The zero-order valence-corrected chi connectivity index (χ0v) is 16.3. The molecule has 148 valence electrons. The van der Waals surface area contributed by atoms with Gasteiger partial charge in [0.1, 0.15) is 0 Å². The lowest BCUT2D eigenvalue weighted by Gasteiger charge is -2.25. The van der Waals surface area contributed by atoms with Gasteiger partial charge in [-0.05, 0) is 44.3 Å². The lowest BCUT2D eigenvalue weighted by Crippen LogP contribution is -2.42. The van der Waals surface area contributed by atoms with Crippen LogP contribution >= 0.6 is 0 Å². The molecule has 0 saturated heterocycles. The highest BCUT2D eigenvalue weighted by molar-refractivity contribution is 6.35. The van der Waals surface area contributed by atoms with Crippen LogP contribution in [0.2, 0.25) is 0 Å². The average molecular weight is 383 g/mol. The predicted molar refractivity (Wildman–Crippen MR) is 105 cm³/mol. The fourth-order valence-electron chi connectivity index (χ4n) is 2.97. The van der Waals surface area contributed by atoms with Crippen LogP contribution in [-0.4, -0.2) is 44.1 Å². The summed E-state index contributed by atoms with van der Waals surface area (Å²) in [6.07, 6.45) is 0. The molecule has 2 N–H and O–H groups in total. The van der Waals surface area contributed by atoms with Crippen LogP contribution in [0.3, 0.4) is 0 Å². The summed E-state index contributed by atoms with van der Waals surface area (Å²) in [5.74, 6) is 0.000518. The molecule has 0 saturated carbocycles. The molecule has 3 rings (SSSR count). The number of hydrogen-bond acceptors (Lipinski definition) is 5. The summed E-state index contributed by atoms with van der Waals surface area (Å²) in [6.45, 7) is 2.80. The van der Waals surface area contributed by atoms with Gasteiger partial charge in [0.05, 0.1) is 6.04 Å². The smallest absolute Gasteiger partial charge is 0.309 e. The van der Waals surface area contributed by atoms with E-state index in [1.54, 1.807) is 12.1 Å². The first kappa shape index (κ1) is 19.7. The van der Waals surface area contributed by atoms with E-state index < -0.39 is 11.8 Å². The Labute approximate surface area is 164 Å². The van der Waals surface area contributed by atoms with E-state index in [1.807, 2.05) is 56.3 Å². The SMILES string of the molecule is Cc1ccc(C(CNC(=O)C(=O)NCc2ccc3c(c2)OCO3)N(C)C)cc1. The third-order valence-electron chi connectivity index (χ3n) is 4.64. The highest BCUT2D eigenvalue weighted by Gasteiger charge is 2.19. The third-order valence-corrected chi connectivity index (χ3v) is 4.64. The molecule has 0 aromatic heterocycles. The van der Waals surface area contributed by atoms with Crippen LogP contribution in [0.4, 0.5) is 0 Å². The van der Waals surface area contributed by atoms with Crippen molar-refractivity contribution in [3.05, 3.63) is 59.2 Å². The highest BCUT2D eigenvalue weighted by Crippen LogP contribution is 2.32. The van der Waals surface area contributed by atoms with Gasteiger partial charge in [0, 0.05) is 13.1 Å². The summed E-state index contributed by atoms with van der Waals surface area (Å²) < 4.78 is 10.6. The first-order chi connectivity index (χ1) is 13.4. The summed E-state index contributed by atoms with van der Waals surface area (Å²) in [7, 11) is 3.88. The Hall–Kier alpha value is -3.06. The Morgan fingerprint density at radius 3 is 2.39 bits per heavy atom. The number of nitrogens with zero attached hydrogens (tertiary/aromatic N) is 1. The van der Waals surface area contributed by atoms with Crippen LogP contribution in [-0.2, 0) is 16.1 Å². The van der Waals surface area contributed by atoms with Gasteiger partial charge in [-0.25, -0.2) is 0 Å². The number of fused-ring (bicyclic) bond motifs is 1. The second kappa shape index (κ2) is 8.75. The van der Waals surface area contributed by atoms with Crippen molar-refractivity contribution in [2.45, 2.75) is 19.5 Å². The molecule has 0 fully saturated rings. The Bertz CT molecular complexity index is 849. The average Bonchev–Trinajstić information content (AvgIpc) is 3.15. The molecular weight excluding hydrogens is 358 g/mol. The van der Waals surface area contributed by atoms with Gasteiger partial charge in [-0.2, -0.15) is 0 Å². The number of carbonyl (C=O) groups is 2. The second-order valence-electron chi connectivity index (χ2n) is 6.97. The number of nitrogens with one attached hydrogen (secondary N) is 2. The maximum Gasteiger partial charge on any atom is 0.309 e. The largest absolute Gasteiger partial charge is 0.454 e. The van der Waals surface area contributed by atoms with E-state index in [9.17, 15) is 9.59 Å². The Morgan fingerprint density at radius 1 is 1.00 bits per heavy atom. The van der Waals surface area contributed by atoms with Crippen LogP contribution in [0.1, 0.15) is 22.7 Å². The Balaban J connectivity index is 1.51. The summed E-state index contributed by atoms with van der Waals surface area (Å²) in [4.78, 5) is 26.3. The molecule has 0 spiro atoms. The topological polar surface area (TPSA) is 79.9 Å². The predicted octanol–water partition coefficient (Wildman–Crippen LogP) is 1.76. The molecule has 1 aliphatic rings. The van der Waals surface area contributed by atoms with E-state index >= 15 is 0 Å².